The van der Waals surface area contributed by atoms with Crippen LogP contribution in [0.4, 0.5) is 8.78 Å². The Labute approximate surface area is 277 Å². The predicted molar refractivity (Wildman–Crippen MR) is 171 cm³/mol. The van der Waals surface area contributed by atoms with Crippen molar-refractivity contribution in [1.29, 1.82) is 0 Å². The van der Waals surface area contributed by atoms with Crippen molar-refractivity contribution in [3.8, 4) is 22.8 Å². The van der Waals surface area contributed by atoms with Crippen LogP contribution in [0, 0.1) is 11.6 Å². The number of fused-ring (bicyclic) bond motifs is 2. The molecule has 0 saturated heterocycles. The van der Waals surface area contributed by atoms with Crippen molar-refractivity contribution in [3.63, 3.8) is 0 Å². The molecule has 2 atom stereocenters. The van der Waals surface area contributed by atoms with E-state index in [9.17, 15) is 19.1 Å². The molecule has 3 aromatic heterocycles. The van der Waals surface area contributed by atoms with E-state index in [-0.39, 0.29) is 51.0 Å². The second-order valence-electron chi connectivity index (χ2n) is 12.2. The molecule has 0 unspecified atom stereocenters. The largest absolute Gasteiger partial charge is 0.494 e. The maximum Gasteiger partial charge on any atom is 0.251 e. The van der Waals surface area contributed by atoms with E-state index in [0.717, 1.165) is 18.9 Å². The fraction of sp³-hybridized carbons (Fsp3) is 0.265. The third-order valence-electron chi connectivity index (χ3n) is 8.96. The van der Waals surface area contributed by atoms with Crippen LogP contribution >= 0.6 is 11.6 Å². The normalized spacial score (nSPS) is 18.2. The number of ether oxygens (including phenoxy) is 2. The minimum atomic E-state index is -2.07. The van der Waals surface area contributed by atoms with Gasteiger partial charge in [0.1, 0.15) is 52.0 Å². The van der Waals surface area contributed by atoms with Crippen LogP contribution in [-0.4, -0.2) is 56.9 Å². The van der Waals surface area contributed by atoms with E-state index in [1.165, 1.54) is 37.7 Å². The maximum atomic E-state index is 15.3. The van der Waals surface area contributed by atoms with Crippen molar-refractivity contribution >= 4 is 34.3 Å². The summed E-state index contributed by atoms with van der Waals surface area (Å²) in [6.45, 7) is 0.923. The van der Waals surface area contributed by atoms with Crippen LogP contribution in [0.2, 0.25) is 5.02 Å². The number of nitrogens with one attached hydrogen (secondary N) is 1. The molecule has 1 aliphatic heterocycles. The fourth-order valence-electron chi connectivity index (χ4n) is 5.90. The topological polar surface area (TPSA) is 154 Å². The molecular weight excluding hydrogens is 646 g/mol. The summed E-state index contributed by atoms with van der Waals surface area (Å²) in [5.74, 6) is -2.83. The van der Waals surface area contributed by atoms with Crippen molar-refractivity contribution < 1.29 is 33.0 Å². The van der Waals surface area contributed by atoms with Gasteiger partial charge < -0.3 is 25.6 Å². The Hall–Kier alpha value is -5.14. The number of hydrogen-bond donors (Lipinski definition) is 3. The SMILES string of the molecule is COc1cc(C(=O)NC[C@@](O)(c2ccncc2)c2cc3c(c(-c4cc(Cl)c(F)cc4F)n2)OC[C@]3(C)C(N)=O)cc2cn(C3CC3)nc12. The summed E-state index contributed by atoms with van der Waals surface area (Å²) in [6.07, 6.45) is 6.82. The second-order valence-corrected chi connectivity index (χ2v) is 12.6. The Morgan fingerprint density at radius 3 is 2.62 bits per heavy atom. The number of primary amides is 1. The van der Waals surface area contributed by atoms with Gasteiger partial charge in [-0.3, -0.25) is 19.3 Å². The Morgan fingerprint density at radius 1 is 1.19 bits per heavy atom. The zero-order valence-electron chi connectivity index (χ0n) is 25.8. The number of aromatic nitrogens is 4. The zero-order valence-corrected chi connectivity index (χ0v) is 26.5. The molecule has 1 aliphatic carbocycles. The molecule has 14 heteroatoms. The van der Waals surface area contributed by atoms with Crippen molar-refractivity contribution in [2.24, 2.45) is 5.73 Å². The number of pyridine rings is 2. The van der Waals surface area contributed by atoms with Crippen LogP contribution in [-0.2, 0) is 15.8 Å². The number of hydrogen-bond acceptors (Lipinski definition) is 8. The molecule has 0 bridgehead atoms. The number of halogens is 3. The van der Waals surface area contributed by atoms with E-state index in [4.69, 9.17) is 26.8 Å². The molecule has 5 aromatic rings. The van der Waals surface area contributed by atoms with Gasteiger partial charge in [0.05, 0.1) is 30.4 Å². The minimum absolute atomic E-state index is 0.0230. The molecule has 2 amide bonds. The molecule has 7 rings (SSSR count). The second kappa shape index (κ2) is 11.5. The molecule has 0 radical (unpaired) electrons. The monoisotopic (exact) mass is 674 g/mol. The van der Waals surface area contributed by atoms with Crippen LogP contribution in [0.3, 0.4) is 0 Å². The van der Waals surface area contributed by atoms with Gasteiger partial charge in [-0.15, -0.1) is 0 Å². The lowest BCUT2D eigenvalue weighted by molar-refractivity contribution is -0.123. The van der Waals surface area contributed by atoms with E-state index in [1.807, 2.05) is 10.9 Å². The Bertz CT molecular complexity index is 2120. The maximum absolute atomic E-state index is 15.3. The molecule has 11 nitrogen and oxygen atoms in total. The summed E-state index contributed by atoms with van der Waals surface area (Å²) in [7, 11) is 1.49. The number of aliphatic hydroxyl groups is 1. The van der Waals surface area contributed by atoms with Gasteiger partial charge in [0.15, 0.2) is 0 Å². The lowest BCUT2D eigenvalue weighted by Gasteiger charge is -2.30. The van der Waals surface area contributed by atoms with Crippen LogP contribution in [0.15, 0.2) is 61.1 Å². The standard InChI is InChI=1S/C34H29ClF2N6O5/c1-33(32(38)45)16-48-30-22(33)12-27(41-29(30)21-11-23(35)25(37)13-24(21)36)34(46,19-5-7-39-8-6-19)15-40-31(44)17-9-18-14-43(20-3-4-20)42-28(18)26(10-17)47-2/h5-14,20,46H,3-4,15-16H2,1-2H3,(H2,38,45)(H,40,44)/t33-,34+/m0/s1. The van der Waals surface area contributed by atoms with Gasteiger partial charge in [-0.1, -0.05) is 11.6 Å². The number of rotatable bonds is 9. The average molecular weight is 675 g/mol. The first-order valence-electron chi connectivity index (χ1n) is 15.0. The molecule has 4 heterocycles. The Morgan fingerprint density at radius 2 is 1.94 bits per heavy atom. The van der Waals surface area contributed by atoms with E-state index in [2.05, 4.69) is 20.4 Å². The van der Waals surface area contributed by atoms with Gasteiger partial charge in [0.25, 0.3) is 5.91 Å². The number of nitrogens with two attached hydrogens (primary N) is 1. The summed E-state index contributed by atoms with van der Waals surface area (Å²) in [5.41, 5.74) is 3.23. The molecule has 246 valence electrons. The summed E-state index contributed by atoms with van der Waals surface area (Å²) >= 11 is 6.04. The van der Waals surface area contributed by atoms with Crippen molar-refractivity contribution in [2.75, 3.05) is 20.3 Å². The molecule has 1 saturated carbocycles. The summed E-state index contributed by atoms with van der Waals surface area (Å²) in [5, 5.41) is 20.2. The molecule has 1 fully saturated rings. The number of carbonyl (C=O) groups excluding carboxylic acids is 2. The molecular formula is C34H29ClF2N6O5. The third kappa shape index (κ3) is 5.19. The van der Waals surface area contributed by atoms with Crippen LogP contribution in [0.5, 0.6) is 11.5 Å². The molecule has 4 N–H and O–H groups in total. The average Bonchev–Trinajstić information content (AvgIpc) is 3.75. The van der Waals surface area contributed by atoms with Gasteiger partial charge in [0, 0.05) is 46.7 Å². The van der Waals surface area contributed by atoms with Crippen molar-refractivity contribution in [2.45, 2.75) is 36.8 Å². The smallest absolute Gasteiger partial charge is 0.251 e. The quantitative estimate of drug-likeness (QED) is 0.192. The Balaban J connectivity index is 1.34. The van der Waals surface area contributed by atoms with Crippen molar-refractivity contribution in [3.05, 3.63) is 100 Å². The predicted octanol–water partition coefficient (Wildman–Crippen LogP) is 4.57. The summed E-state index contributed by atoms with van der Waals surface area (Å²) in [4.78, 5) is 35.1. The summed E-state index contributed by atoms with van der Waals surface area (Å²) < 4.78 is 42.8. The number of methoxy groups -OCH3 is 1. The molecule has 2 aliphatic rings. The summed E-state index contributed by atoms with van der Waals surface area (Å²) in [6, 6.07) is 9.72. The lowest BCUT2D eigenvalue weighted by atomic mass is 9.81. The van der Waals surface area contributed by atoms with E-state index in [1.54, 1.807) is 19.1 Å². The van der Waals surface area contributed by atoms with Crippen LogP contribution < -0.4 is 20.5 Å². The van der Waals surface area contributed by atoms with Crippen LogP contribution in [0.1, 0.15) is 53.0 Å². The zero-order chi connectivity index (χ0) is 34.0. The van der Waals surface area contributed by atoms with Crippen LogP contribution in [0.25, 0.3) is 22.2 Å². The number of carbonyl (C=O) groups is 2. The highest BCUT2D eigenvalue weighted by Crippen LogP contribution is 2.47. The van der Waals surface area contributed by atoms with Crippen molar-refractivity contribution in [1.82, 2.24) is 25.1 Å². The number of nitrogens with zero attached hydrogens (tertiary/aromatic N) is 4. The van der Waals surface area contributed by atoms with E-state index < -0.39 is 41.0 Å². The van der Waals surface area contributed by atoms with Gasteiger partial charge in [0.2, 0.25) is 5.91 Å². The first-order valence-corrected chi connectivity index (χ1v) is 15.4. The van der Waals surface area contributed by atoms with E-state index >= 15 is 4.39 Å². The molecule has 2 aromatic carbocycles. The molecule has 48 heavy (non-hydrogen) atoms. The van der Waals surface area contributed by atoms with E-state index in [0.29, 0.717) is 28.8 Å². The van der Waals surface area contributed by atoms with Gasteiger partial charge in [-0.2, -0.15) is 5.10 Å². The van der Waals surface area contributed by atoms with Gasteiger partial charge >= 0.3 is 0 Å². The number of benzene rings is 2. The van der Waals surface area contributed by atoms with Gasteiger partial charge in [-0.25, -0.2) is 13.8 Å². The molecule has 0 spiro atoms. The highest BCUT2D eigenvalue weighted by molar-refractivity contribution is 6.31. The van der Waals surface area contributed by atoms with Gasteiger partial charge in [-0.05, 0) is 61.7 Å². The highest BCUT2D eigenvalue weighted by Gasteiger charge is 2.46. The fourth-order valence-corrected chi connectivity index (χ4v) is 6.06. The first kappa shape index (κ1) is 31.5. The third-order valence-corrected chi connectivity index (χ3v) is 9.25. The first-order chi connectivity index (χ1) is 22.9. The minimum Gasteiger partial charge on any atom is -0.494 e. The highest BCUT2D eigenvalue weighted by atomic mass is 35.5. The Kier molecular flexibility index (Phi) is 7.56. The number of amides is 2. The lowest BCUT2D eigenvalue weighted by Crippen LogP contribution is -2.43.